The fraction of sp³-hybridized carbons (Fsp3) is 0.538. The average molecular weight is 346 g/mol. The molecule has 0 saturated carbocycles. The Kier molecular flexibility index (Phi) is 4.11. The smallest absolute Gasteiger partial charge is 0.271 e. The van der Waals surface area contributed by atoms with Crippen molar-refractivity contribution in [3.8, 4) is 0 Å². The van der Waals surface area contributed by atoms with Crippen molar-refractivity contribution in [1.82, 2.24) is 9.62 Å². The minimum Gasteiger partial charge on any atom is -0.315 e. The Balaban J connectivity index is 2.01. The molecule has 2 aliphatic heterocycles. The van der Waals surface area contributed by atoms with Crippen LogP contribution in [0.5, 0.6) is 0 Å². The van der Waals surface area contributed by atoms with E-state index in [4.69, 9.17) is 11.6 Å². The van der Waals surface area contributed by atoms with Crippen LogP contribution in [-0.2, 0) is 10.0 Å². The van der Waals surface area contributed by atoms with E-state index in [1.807, 2.05) is 0 Å². The molecular weight excluding hydrogens is 330 g/mol. The van der Waals surface area contributed by atoms with Crippen LogP contribution in [0.3, 0.4) is 0 Å². The van der Waals surface area contributed by atoms with Crippen LogP contribution in [0.25, 0.3) is 0 Å². The fourth-order valence-corrected chi connectivity index (χ4v) is 5.67. The minimum atomic E-state index is -3.76. The second-order valence-corrected chi connectivity index (χ2v) is 7.80. The van der Waals surface area contributed by atoms with Crippen LogP contribution < -0.4 is 5.32 Å². The Labute approximate surface area is 133 Å². The largest absolute Gasteiger partial charge is 0.315 e. The van der Waals surface area contributed by atoms with Gasteiger partial charge in [0.05, 0.1) is 9.95 Å². The molecule has 2 bridgehead atoms. The highest BCUT2D eigenvalue weighted by atomic mass is 35.5. The summed E-state index contributed by atoms with van der Waals surface area (Å²) in [6.45, 7) is 1.42. The number of non-ortho nitro benzene ring substituents is 1. The van der Waals surface area contributed by atoms with Gasteiger partial charge < -0.3 is 5.32 Å². The van der Waals surface area contributed by atoms with Crippen LogP contribution in [0.4, 0.5) is 5.69 Å². The van der Waals surface area contributed by atoms with Crippen LogP contribution in [0, 0.1) is 10.1 Å². The van der Waals surface area contributed by atoms with Crippen molar-refractivity contribution in [2.24, 2.45) is 0 Å². The Morgan fingerprint density at radius 1 is 1.27 bits per heavy atom. The van der Waals surface area contributed by atoms with E-state index in [1.54, 1.807) is 4.31 Å². The number of sulfonamides is 1. The van der Waals surface area contributed by atoms with Crippen molar-refractivity contribution in [2.45, 2.75) is 36.2 Å². The molecule has 7 nitrogen and oxygen atoms in total. The normalized spacial score (nSPS) is 25.9. The van der Waals surface area contributed by atoms with Gasteiger partial charge in [-0.3, -0.25) is 10.1 Å². The van der Waals surface area contributed by atoms with E-state index in [-0.39, 0.29) is 27.7 Å². The van der Waals surface area contributed by atoms with Crippen molar-refractivity contribution in [3.63, 3.8) is 0 Å². The van der Waals surface area contributed by atoms with E-state index in [1.165, 1.54) is 12.1 Å². The highest BCUT2D eigenvalue weighted by Crippen LogP contribution is 2.36. The number of nitrogens with one attached hydrogen (secondary N) is 1. The first-order valence-electron chi connectivity index (χ1n) is 7.09. The molecular formula is C13H16ClN3O4S. The van der Waals surface area contributed by atoms with Gasteiger partial charge in [-0.05, 0) is 31.9 Å². The van der Waals surface area contributed by atoms with Crippen LogP contribution >= 0.6 is 11.6 Å². The van der Waals surface area contributed by atoms with Crippen LogP contribution in [0.15, 0.2) is 23.1 Å². The summed E-state index contributed by atoms with van der Waals surface area (Å²) < 4.78 is 27.4. The van der Waals surface area contributed by atoms with Crippen molar-refractivity contribution >= 4 is 27.3 Å². The molecule has 0 aromatic heterocycles. The molecule has 2 atom stereocenters. The molecule has 2 saturated heterocycles. The topological polar surface area (TPSA) is 92.5 Å². The Hall–Kier alpha value is -1.22. The minimum absolute atomic E-state index is 0.0312. The number of hydrogen-bond acceptors (Lipinski definition) is 5. The summed E-state index contributed by atoms with van der Waals surface area (Å²) in [5.41, 5.74) is -0.218. The molecule has 2 aliphatic rings. The first-order valence-corrected chi connectivity index (χ1v) is 8.91. The molecule has 0 amide bonds. The van der Waals surface area contributed by atoms with Gasteiger partial charge in [0, 0.05) is 30.8 Å². The van der Waals surface area contributed by atoms with Gasteiger partial charge in [-0.2, -0.15) is 4.31 Å². The number of benzene rings is 1. The number of nitro benzene ring substituents is 1. The lowest BCUT2D eigenvalue weighted by Crippen LogP contribution is -2.42. The Morgan fingerprint density at radius 3 is 2.68 bits per heavy atom. The lowest BCUT2D eigenvalue weighted by Gasteiger charge is -2.27. The summed E-state index contributed by atoms with van der Waals surface area (Å²) >= 11 is 6.01. The fourth-order valence-electron chi connectivity index (χ4n) is 3.26. The lowest BCUT2D eigenvalue weighted by molar-refractivity contribution is -0.384. The maximum Gasteiger partial charge on any atom is 0.271 e. The van der Waals surface area contributed by atoms with Gasteiger partial charge in [-0.25, -0.2) is 8.42 Å². The third kappa shape index (κ3) is 2.60. The summed E-state index contributed by atoms with van der Waals surface area (Å²) in [7, 11) is -3.76. The molecule has 0 spiro atoms. The monoisotopic (exact) mass is 345 g/mol. The van der Waals surface area contributed by atoms with E-state index in [0.717, 1.165) is 31.9 Å². The van der Waals surface area contributed by atoms with Gasteiger partial charge in [-0.15, -0.1) is 0 Å². The molecule has 120 valence electrons. The predicted molar refractivity (Wildman–Crippen MR) is 81.4 cm³/mol. The van der Waals surface area contributed by atoms with Gasteiger partial charge in [0.15, 0.2) is 0 Å². The molecule has 1 aromatic carbocycles. The zero-order valence-electron chi connectivity index (χ0n) is 11.7. The number of nitrogens with zero attached hydrogens (tertiary/aromatic N) is 2. The summed E-state index contributed by atoms with van der Waals surface area (Å²) in [6, 6.07) is 3.39. The molecule has 2 unspecified atom stereocenters. The van der Waals surface area contributed by atoms with E-state index >= 15 is 0 Å². The highest BCUT2D eigenvalue weighted by molar-refractivity contribution is 7.89. The van der Waals surface area contributed by atoms with E-state index in [2.05, 4.69) is 5.32 Å². The van der Waals surface area contributed by atoms with Gasteiger partial charge >= 0.3 is 0 Å². The highest BCUT2D eigenvalue weighted by Gasteiger charge is 2.43. The maximum absolute atomic E-state index is 12.9. The molecule has 2 heterocycles. The first kappa shape index (κ1) is 15.7. The standard InChI is InChI=1S/C13H16ClN3O4S/c14-12-7-10(17(18)19)3-4-13(12)22(20,21)16-9-1-2-11(16)8-15-6-5-9/h3-4,7,9,11,15H,1-2,5-6,8H2. The summed E-state index contributed by atoms with van der Waals surface area (Å²) in [4.78, 5) is 10.1. The number of halogens is 1. The maximum atomic E-state index is 12.9. The van der Waals surface area contributed by atoms with E-state index in [9.17, 15) is 18.5 Å². The molecule has 2 fully saturated rings. The summed E-state index contributed by atoms with van der Waals surface area (Å²) in [6.07, 6.45) is 2.43. The molecule has 22 heavy (non-hydrogen) atoms. The molecule has 1 aromatic rings. The van der Waals surface area contributed by atoms with Crippen LogP contribution in [0.1, 0.15) is 19.3 Å². The first-order chi connectivity index (χ1) is 10.4. The lowest BCUT2D eigenvalue weighted by atomic mass is 10.1. The second-order valence-electron chi connectivity index (χ2n) is 5.58. The number of rotatable bonds is 3. The summed E-state index contributed by atoms with van der Waals surface area (Å²) in [5.74, 6) is 0. The van der Waals surface area contributed by atoms with Crippen molar-refractivity contribution < 1.29 is 13.3 Å². The van der Waals surface area contributed by atoms with Crippen molar-refractivity contribution in [1.29, 1.82) is 0 Å². The third-order valence-electron chi connectivity index (χ3n) is 4.27. The number of hydrogen-bond donors (Lipinski definition) is 1. The van der Waals surface area contributed by atoms with Crippen molar-refractivity contribution in [3.05, 3.63) is 33.3 Å². The summed E-state index contributed by atoms with van der Waals surface area (Å²) in [5, 5.41) is 13.9. The zero-order valence-corrected chi connectivity index (χ0v) is 13.3. The van der Waals surface area contributed by atoms with Gasteiger partial charge in [0.25, 0.3) is 5.69 Å². The van der Waals surface area contributed by atoms with E-state index in [0.29, 0.717) is 6.54 Å². The van der Waals surface area contributed by atoms with Gasteiger partial charge in [0.1, 0.15) is 4.90 Å². The predicted octanol–water partition coefficient (Wildman–Crippen LogP) is 1.76. The third-order valence-corrected chi connectivity index (χ3v) is 6.76. The molecule has 0 radical (unpaired) electrons. The van der Waals surface area contributed by atoms with Gasteiger partial charge in [-0.1, -0.05) is 11.6 Å². The Morgan fingerprint density at radius 2 is 2.00 bits per heavy atom. The Bertz CT molecular complexity index is 695. The second kappa shape index (κ2) is 5.77. The average Bonchev–Trinajstić information content (AvgIpc) is 2.72. The van der Waals surface area contributed by atoms with Crippen LogP contribution in [-0.4, -0.2) is 42.8 Å². The number of nitro groups is 1. The van der Waals surface area contributed by atoms with Crippen LogP contribution in [0.2, 0.25) is 5.02 Å². The van der Waals surface area contributed by atoms with Gasteiger partial charge in [0.2, 0.25) is 10.0 Å². The molecule has 1 N–H and O–H groups in total. The SMILES string of the molecule is O=[N+]([O-])c1ccc(S(=O)(=O)N2C3CCNCC2CC3)c(Cl)c1. The van der Waals surface area contributed by atoms with E-state index < -0.39 is 14.9 Å². The molecule has 3 rings (SSSR count). The van der Waals surface area contributed by atoms with Crippen molar-refractivity contribution in [2.75, 3.05) is 13.1 Å². The zero-order chi connectivity index (χ0) is 15.9. The quantitative estimate of drug-likeness (QED) is 0.665. The number of fused-ring (bicyclic) bond motifs is 2. The molecule has 9 heteroatoms. The molecule has 0 aliphatic carbocycles.